The summed E-state index contributed by atoms with van der Waals surface area (Å²) in [5.74, 6) is 8.30. The molecule has 2 aromatic rings. The molecule has 0 amide bonds. The van der Waals surface area contributed by atoms with Crippen LogP contribution in [0.1, 0.15) is 17.5 Å². The number of benzene rings is 1. The van der Waals surface area contributed by atoms with E-state index in [2.05, 4.69) is 33.5 Å². The van der Waals surface area contributed by atoms with Crippen molar-refractivity contribution in [1.29, 1.82) is 0 Å². The molecule has 2 heterocycles. The third-order valence-corrected chi connectivity index (χ3v) is 5.52. The van der Waals surface area contributed by atoms with E-state index in [9.17, 15) is 0 Å². The molecule has 1 aromatic heterocycles. The Kier molecular flexibility index (Phi) is 7.58. The Bertz CT molecular complexity index is 750. The van der Waals surface area contributed by atoms with Crippen LogP contribution in [-0.4, -0.2) is 58.5 Å². The van der Waals surface area contributed by atoms with Crippen molar-refractivity contribution in [2.24, 2.45) is 0 Å². The molecular formula is C21H24AsN2O2. The molecule has 135 valence electrons. The van der Waals surface area contributed by atoms with Crippen LogP contribution in [0.25, 0.3) is 0 Å². The number of rotatable bonds is 6. The molecule has 0 N–H and O–H groups in total. The Balaban J connectivity index is 1.63. The zero-order valence-electron chi connectivity index (χ0n) is 15.1. The molecule has 0 unspecified atom stereocenters. The molecular weight excluding hydrogens is 387 g/mol. The van der Waals surface area contributed by atoms with Crippen molar-refractivity contribution in [3.63, 3.8) is 0 Å². The predicted octanol–water partition coefficient (Wildman–Crippen LogP) is 3.20. The number of aromatic nitrogens is 1. The molecule has 5 heteroatoms. The number of ether oxygens (including phenoxy) is 2. The molecule has 1 aromatic carbocycles. The van der Waals surface area contributed by atoms with Crippen LogP contribution < -0.4 is 4.74 Å². The van der Waals surface area contributed by atoms with E-state index in [1.165, 1.54) is 5.56 Å². The van der Waals surface area contributed by atoms with Crippen molar-refractivity contribution >= 4 is 15.8 Å². The van der Waals surface area contributed by atoms with Crippen molar-refractivity contribution < 1.29 is 9.47 Å². The van der Waals surface area contributed by atoms with Gasteiger partial charge in [0.05, 0.1) is 0 Å². The van der Waals surface area contributed by atoms with Gasteiger partial charge in [-0.3, -0.25) is 0 Å². The van der Waals surface area contributed by atoms with E-state index in [1.54, 1.807) is 12.4 Å². The summed E-state index contributed by atoms with van der Waals surface area (Å²) in [6.07, 6.45) is 4.38. The number of nitrogens with zero attached hydrogens (tertiary/aromatic N) is 2. The normalized spacial score (nSPS) is 15.0. The first-order valence-corrected chi connectivity index (χ1v) is 12.1. The minimum atomic E-state index is 0.272. The molecule has 1 aliphatic heterocycles. The second-order valence-corrected chi connectivity index (χ2v) is 8.08. The van der Waals surface area contributed by atoms with Crippen molar-refractivity contribution in [3.8, 4) is 23.3 Å². The summed E-state index contributed by atoms with van der Waals surface area (Å²) in [5, 5.41) is 1.06. The van der Waals surface area contributed by atoms with Gasteiger partial charge in [-0.25, -0.2) is 0 Å². The second kappa shape index (κ2) is 10.4. The van der Waals surface area contributed by atoms with Gasteiger partial charge in [0, 0.05) is 0 Å². The van der Waals surface area contributed by atoms with Gasteiger partial charge in [-0.2, -0.15) is 0 Å². The third-order valence-electron chi connectivity index (χ3n) is 4.14. The Labute approximate surface area is 162 Å². The Hall–Kier alpha value is -1.79. The molecule has 1 radical (unpaired) electrons. The number of morpholine rings is 1. The first-order chi connectivity index (χ1) is 12.8. The van der Waals surface area contributed by atoms with Crippen molar-refractivity contribution in [2.45, 2.75) is 17.3 Å². The van der Waals surface area contributed by atoms with Crippen LogP contribution in [0.3, 0.4) is 0 Å². The van der Waals surface area contributed by atoms with E-state index in [1.807, 2.05) is 24.3 Å². The Morgan fingerprint density at radius 3 is 2.92 bits per heavy atom. The van der Waals surface area contributed by atoms with Crippen LogP contribution in [-0.2, 0) is 9.95 Å². The van der Waals surface area contributed by atoms with Gasteiger partial charge in [0.1, 0.15) is 0 Å². The maximum atomic E-state index is 6.01. The third kappa shape index (κ3) is 5.88. The number of hydrogen-bond acceptors (Lipinski definition) is 4. The van der Waals surface area contributed by atoms with E-state index in [-0.39, 0.29) is 15.8 Å². The van der Waals surface area contributed by atoms with Crippen LogP contribution in [0.5, 0.6) is 11.5 Å². The Morgan fingerprint density at radius 1 is 1.27 bits per heavy atom. The van der Waals surface area contributed by atoms with Crippen molar-refractivity contribution in [1.82, 2.24) is 9.88 Å². The fraction of sp³-hybridized carbons (Fsp3) is 0.381. The van der Waals surface area contributed by atoms with Gasteiger partial charge in [0.25, 0.3) is 0 Å². The van der Waals surface area contributed by atoms with E-state index < -0.39 is 0 Å². The van der Waals surface area contributed by atoms with Crippen LogP contribution >= 0.6 is 0 Å². The standard InChI is InChI=1S/C21H24AsN2O2/c1-22-16-19-15-18(5-2-3-10-24-11-13-25-14-12-24)7-8-21(19)26-20-6-4-9-23-17-20/h4,6-9,15,17H,3,10-14,16H2,1H3. The summed E-state index contributed by atoms with van der Waals surface area (Å²) < 4.78 is 11.4. The van der Waals surface area contributed by atoms with Gasteiger partial charge in [0.15, 0.2) is 0 Å². The molecule has 0 saturated carbocycles. The molecule has 1 aliphatic rings. The quantitative estimate of drug-likeness (QED) is 0.540. The van der Waals surface area contributed by atoms with E-state index in [0.717, 1.165) is 61.5 Å². The molecule has 3 rings (SSSR count). The van der Waals surface area contributed by atoms with Gasteiger partial charge in [-0.1, -0.05) is 0 Å². The average molecular weight is 411 g/mol. The maximum absolute atomic E-state index is 6.01. The summed E-state index contributed by atoms with van der Waals surface area (Å²) >= 11 is 0.272. The first kappa shape index (κ1) is 19.0. The first-order valence-electron chi connectivity index (χ1n) is 8.90. The van der Waals surface area contributed by atoms with Gasteiger partial charge in [-0.15, -0.1) is 0 Å². The molecule has 1 saturated heterocycles. The SMILES string of the molecule is C[As]Cc1cc(C#CCCN2CCOCC2)ccc1Oc1cccnc1. The van der Waals surface area contributed by atoms with Crippen molar-refractivity contribution in [2.75, 3.05) is 32.8 Å². The summed E-state index contributed by atoms with van der Waals surface area (Å²) in [7, 11) is 0. The van der Waals surface area contributed by atoms with Crippen LogP contribution in [0, 0.1) is 11.8 Å². The average Bonchev–Trinajstić information content (AvgIpc) is 2.69. The van der Waals surface area contributed by atoms with E-state index in [0.29, 0.717) is 0 Å². The van der Waals surface area contributed by atoms with Crippen LogP contribution in [0.15, 0.2) is 42.7 Å². The van der Waals surface area contributed by atoms with Gasteiger partial charge >= 0.3 is 162 Å². The molecule has 0 spiro atoms. The summed E-state index contributed by atoms with van der Waals surface area (Å²) in [6, 6.07) is 10.1. The topological polar surface area (TPSA) is 34.6 Å². The summed E-state index contributed by atoms with van der Waals surface area (Å²) in [5.41, 5.74) is 4.57. The van der Waals surface area contributed by atoms with Gasteiger partial charge in [0.2, 0.25) is 0 Å². The molecule has 0 atom stereocenters. The van der Waals surface area contributed by atoms with Gasteiger partial charge in [-0.05, 0) is 0 Å². The zero-order chi connectivity index (χ0) is 18.0. The molecule has 0 bridgehead atoms. The van der Waals surface area contributed by atoms with E-state index >= 15 is 0 Å². The predicted molar refractivity (Wildman–Crippen MR) is 105 cm³/mol. The van der Waals surface area contributed by atoms with Gasteiger partial charge < -0.3 is 0 Å². The Morgan fingerprint density at radius 2 is 2.15 bits per heavy atom. The fourth-order valence-electron chi connectivity index (χ4n) is 2.79. The number of hydrogen-bond donors (Lipinski definition) is 0. The summed E-state index contributed by atoms with van der Waals surface area (Å²) in [4.78, 5) is 6.52. The molecule has 1 fully saturated rings. The zero-order valence-corrected chi connectivity index (χ0v) is 17.0. The number of pyridine rings is 1. The molecule has 4 nitrogen and oxygen atoms in total. The van der Waals surface area contributed by atoms with Crippen LogP contribution in [0.2, 0.25) is 5.71 Å². The minimum absolute atomic E-state index is 0.272. The summed E-state index contributed by atoms with van der Waals surface area (Å²) in [6.45, 7) is 4.74. The fourth-order valence-corrected chi connectivity index (χ4v) is 4.02. The molecule has 0 aliphatic carbocycles. The molecule has 26 heavy (non-hydrogen) atoms. The second-order valence-electron chi connectivity index (χ2n) is 6.09. The monoisotopic (exact) mass is 411 g/mol. The van der Waals surface area contributed by atoms with Crippen LogP contribution in [0.4, 0.5) is 0 Å². The van der Waals surface area contributed by atoms with Crippen molar-refractivity contribution in [3.05, 3.63) is 53.9 Å². The van der Waals surface area contributed by atoms with E-state index in [4.69, 9.17) is 9.47 Å².